The molecule has 0 saturated carbocycles. The molecule has 0 radical (unpaired) electrons. The van der Waals surface area contributed by atoms with Crippen LogP contribution in [-0.2, 0) is 9.59 Å². The Morgan fingerprint density at radius 2 is 2.12 bits per heavy atom. The molecule has 126 valence electrons. The predicted octanol–water partition coefficient (Wildman–Crippen LogP) is 2.25. The second kappa shape index (κ2) is 7.74. The van der Waals surface area contributed by atoms with Crippen LogP contribution in [-0.4, -0.2) is 35.0 Å². The van der Waals surface area contributed by atoms with Gasteiger partial charge in [0, 0.05) is 6.92 Å². The summed E-state index contributed by atoms with van der Waals surface area (Å²) in [5.41, 5.74) is 0.861. The van der Waals surface area contributed by atoms with Crippen molar-refractivity contribution >= 4 is 35.2 Å². The first-order valence-corrected chi connectivity index (χ1v) is 7.77. The first-order valence-electron chi connectivity index (χ1n) is 7.36. The van der Waals surface area contributed by atoms with Crippen LogP contribution in [0, 0.1) is 0 Å². The third-order valence-corrected chi connectivity index (χ3v) is 3.42. The number of carbonyl (C=O) groups is 2. The lowest BCUT2D eigenvalue weighted by molar-refractivity contribution is -0.125. The maximum atomic E-state index is 12.0. The van der Waals surface area contributed by atoms with Crippen molar-refractivity contribution in [1.82, 2.24) is 10.2 Å². The quantitative estimate of drug-likeness (QED) is 0.486. The van der Waals surface area contributed by atoms with Crippen molar-refractivity contribution in [2.24, 2.45) is 0 Å². The molecule has 1 aromatic carbocycles. The van der Waals surface area contributed by atoms with Gasteiger partial charge in [0.15, 0.2) is 16.6 Å². The van der Waals surface area contributed by atoms with Crippen LogP contribution in [0.2, 0.25) is 0 Å². The lowest BCUT2D eigenvalue weighted by Gasteiger charge is -2.14. The van der Waals surface area contributed by atoms with Crippen LogP contribution in [0.3, 0.4) is 0 Å². The number of carbonyl (C=O) groups excluding carboxylic acids is 2. The molecule has 0 atom stereocenters. The predicted molar refractivity (Wildman–Crippen MR) is 94.5 cm³/mol. The summed E-state index contributed by atoms with van der Waals surface area (Å²) in [4.78, 5) is 24.9. The Morgan fingerprint density at radius 1 is 1.38 bits per heavy atom. The SMILES string of the molecule is C=CCOc1ccc(/C=C2/C(=O)NC(=S)N2C(C)=O)cc1OCC. The largest absolute Gasteiger partial charge is 0.490 e. The molecule has 1 N–H and O–H groups in total. The Hall–Kier alpha value is -2.67. The topological polar surface area (TPSA) is 67.9 Å². The molecule has 7 heteroatoms. The van der Waals surface area contributed by atoms with Gasteiger partial charge in [-0.05, 0) is 42.9 Å². The fourth-order valence-electron chi connectivity index (χ4n) is 2.18. The summed E-state index contributed by atoms with van der Waals surface area (Å²) in [7, 11) is 0. The molecule has 2 amide bonds. The van der Waals surface area contributed by atoms with Crippen LogP contribution in [0.15, 0.2) is 36.6 Å². The maximum Gasteiger partial charge on any atom is 0.274 e. The van der Waals surface area contributed by atoms with Crippen molar-refractivity contribution in [2.75, 3.05) is 13.2 Å². The molecule has 6 nitrogen and oxygen atoms in total. The van der Waals surface area contributed by atoms with Gasteiger partial charge >= 0.3 is 0 Å². The zero-order chi connectivity index (χ0) is 17.7. The Bertz CT molecular complexity index is 727. The molecule has 1 aliphatic heterocycles. The minimum Gasteiger partial charge on any atom is -0.490 e. The van der Waals surface area contributed by atoms with Gasteiger partial charge < -0.3 is 9.47 Å². The number of amides is 2. The zero-order valence-electron chi connectivity index (χ0n) is 13.5. The number of benzene rings is 1. The lowest BCUT2D eigenvalue weighted by atomic mass is 10.1. The summed E-state index contributed by atoms with van der Waals surface area (Å²) in [6.45, 7) is 7.64. The summed E-state index contributed by atoms with van der Waals surface area (Å²) in [6.07, 6.45) is 3.22. The smallest absolute Gasteiger partial charge is 0.274 e. The molecule has 0 bridgehead atoms. The number of hydrogen-bond acceptors (Lipinski definition) is 5. The van der Waals surface area contributed by atoms with E-state index in [0.29, 0.717) is 30.3 Å². The van der Waals surface area contributed by atoms with Gasteiger partial charge in [0.2, 0.25) is 5.91 Å². The molecule has 0 unspecified atom stereocenters. The van der Waals surface area contributed by atoms with Crippen molar-refractivity contribution < 1.29 is 19.1 Å². The number of nitrogens with zero attached hydrogens (tertiary/aromatic N) is 1. The van der Waals surface area contributed by atoms with Crippen LogP contribution in [0.5, 0.6) is 11.5 Å². The molecule has 1 saturated heterocycles. The van der Waals surface area contributed by atoms with Gasteiger partial charge in [0.1, 0.15) is 12.3 Å². The Labute approximate surface area is 145 Å². The van der Waals surface area contributed by atoms with E-state index in [1.807, 2.05) is 6.92 Å². The van der Waals surface area contributed by atoms with Crippen LogP contribution < -0.4 is 14.8 Å². The van der Waals surface area contributed by atoms with Gasteiger partial charge in [-0.3, -0.25) is 19.8 Å². The van der Waals surface area contributed by atoms with E-state index in [1.165, 1.54) is 11.8 Å². The van der Waals surface area contributed by atoms with Crippen molar-refractivity contribution in [1.29, 1.82) is 0 Å². The first-order chi connectivity index (χ1) is 11.5. The summed E-state index contributed by atoms with van der Waals surface area (Å²) >= 11 is 5.00. The number of thiocarbonyl (C=S) groups is 1. The van der Waals surface area contributed by atoms with E-state index in [9.17, 15) is 9.59 Å². The molecule has 1 aromatic rings. The van der Waals surface area contributed by atoms with Crippen LogP contribution >= 0.6 is 12.2 Å². The summed E-state index contributed by atoms with van der Waals surface area (Å²) in [5, 5.41) is 2.54. The van der Waals surface area contributed by atoms with Gasteiger partial charge in [0.05, 0.1) is 6.61 Å². The second-order valence-corrected chi connectivity index (χ2v) is 5.27. The van der Waals surface area contributed by atoms with Gasteiger partial charge in [-0.15, -0.1) is 0 Å². The number of rotatable bonds is 6. The highest BCUT2D eigenvalue weighted by Crippen LogP contribution is 2.30. The van der Waals surface area contributed by atoms with E-state index in [-0.39, 0.29) is 16.7 Å². The minimum absolute atomic E-state index is 0.0784. The van der Waals surface area contributed by atoms with E-state index in [1.54, 1.807) is 30.4 Å². The molecular weight excluding hydrogens is 328 g/mol. The summed E-state index contributed by atoms with van der Waals surface area (Å²) < 4.78 is 11.1. The monoisotopic (exact) mass is 346 g/mol. The fraction of sp³-hybridized carbons (Fsp3) is 0.235. The third-order valence-electron chi connectivity index (χ3n) is 3.14. The van der Waals surface area contributed by atoms with E-state index < -0.39 is 5.91 Å². The van der Waals surface area contributed by atoms with Crippen molar-refractivity contribution in [3.05, 3.63) is 42.1 Å². The van der Waals surface area contributed by atoms with Gasteiger partial charge in [-0.2, -0.15) is 0 Å². The highest BCUT2D eigenvalue weighted by atomic mass is 32.1. The molecule has 1 aliphatic rings. The lowest BCUT2D eigenvalue weighted by Crippen LogP contribution is -2.31. The van der Waals surface area contributed by atoms with E-state index in [0.717, 1.165) is 0 Å². The average Bonchev–Trinajstić information content (AvgIpc) is 2.81. The minimum atomic E-state index is -0.417. The summed E-state index contributed by atoms with van der Waals surface area (Å²) in [5.74, 6) is 0.374. The Balaban J connectivity index is 2.39. The molecule has 1 heterocycles. The van der Waals surface area contributed by atoms with Crippen LogP contribution in [0.25, 0.3) is 6.08 Å². The molecule has 1 fully saturated rings. The molecule has 2 rings (SSSR count). The maximum absolute atomic E-state index is 12.0. The fourth-order valence-corrected chi connectivity index (χ4v) is 2.50. The van der Waals surface area contributed by atoms with E-state index in [2.05, 4.69) is 11.9 Å². The first kappa shape index (κ1) is 17.7. The Kier molecular flexibility index (Phi) is 5.70. The molecule has 24 heavy (non-hydrogen) atoms. The highest BCUT2D eigenvalue weighted by Gasteiger charge is 2.32. The Morgan fingerprint density at radius 3 is 2.75 bits per heavy atom. The molecule has 0 aliphatic carbocycles. The van der Waals surface area contributed by atoms with E-state index >= 15 is 0 Å². The van der Waals surface area contributed by atoms with Gasteiger partial charge in [-0.1, -0.05) is 18.7 Å². The van der Waals surface area contributed by atoms with Gasteiger partial charge in [-0.25, -0.2) is 0 Å². The normalized spacial score (nSPS) is 15.4. The standard InChI is InChI=1S/C17H18N2O4S/c1-4-8-23-14-7-6-12(10-15(14)22-5-2)9-13-16(21)18-17(24)19(13)11(3)20/h4,6-7,9-10H,1,5,8H2,2-3H3,(H,18,21,24)/b13-9-. The molecule has 0 spiro atoms. The van der Waals surface area contributed by atoms with Crippen molar-refractivity contribution in [3.63, 3.8) is 0 Å². The van der Waals surface area contributed by atoms with Crippen LogP contribution in [0.4, 0.5) is 0 Å². The third kappa shape index (κ3) is 3.80. The highest BCUT2D eigenvalue weighted by molar-refractivity contribution is 7.80. The average molecular weight is 346 g/mol. The van der Waals surface area contributed by atoms with Gasteiger partial charge in [0.25, 0.3) is 5.91 Å². The van der Waals surface area contributed by atoms with Crippen LogP contribution in [0.1, 0.15) is 19.4 Å². The van der Waals surface area contributed by atoms with E-state index in [4.69, 9.17) is 21.7 Å². The number of hydrogen-bond donors (Lipinski definition) is 1. The summed E-state index contributed by atoms with van der Waals surface area (Å²) in [6, 6.07) is 5.24. The second-order valence-electron chi connectivity index (χ2n) is 4.88. The molecule has 0 aromatic heterocycles. The molecular formula is C17H18N2O4S. The number of nitrogens with one attached hydrogen (secondary N) is 1. The zero-order valence-corrected chi connectivity index (χ0v) is 14.3. The van der Waals surface area contributed by atoms with Crippen molar-refractivity contribution in [3.8, 4) is 11.5 Å². The van der Waals surface area contributed by atoms with Crippen molar-refractivity contribution in [2.45, 2.75) is 13.8 Å². The number of ether oxygens (including phenoxy) is 2.